The minimum atomic E-state index is -4.29. The van der Waals surface area contributed by atoms with Gasteiger partial charge in [-0.2, -0.15) is 13.2 Å². The number of nitrogens with one attached hydrogen (secondary N) is 1. The molecule has 0 saturated heterocycles. The van der Waals surface area contributed by atoms with Crippen LogP contribution in [-0.2, 0) is 0 Å². The zero-order valence-electron chi connectivity index (χ0n) is 10.4. The maximum atomic E-state index is 12.5. The molecule has 8 heteroatoms. The zero-order valence-corrected chi connectivity index (χ0v) is 10.4. The van der Waals surface area contributed by atoms with Crippen molar-refractivity contribution in [3.8, 4) is 0 Å². The molecule has 1 rings (SSSR count). The molecule has 0 saturated carbocycles. The van der Waals surface area contributed by atoms with Gasteiger partial charge in [0.15, 0.2) is 0 Å². The average Bonchev–Trinajstić information content (AvgIpc) is 2.23. The number of nitrogens with two attached hydrogens (primary N) is 1. The monoisotopic (exact) mass is 263 g/mol. The average molecular weight is 263 g/mol. The molecule has 0 unspecified atom stereocenters. The van der Waals surface area contributed by atoms with Crippen LogP contribution in [0.1, 0.15) is 19.7 Å². The van der Waals surface area contributed by atoms with E-state index in [9.17, 15) is 13.2 Å². The first-order valence-electron chi connectivity index (χ1n) is 5.38. The molecule has 18 heavy (non-hydrogen) atoms. The van der Waals surface area contributed by atoms with Gasteiger partial charge in [-0.25, -0.2) is 15.8 Å². The van der Waals surface area contributed by atoms with Crippen LogP contribution in [0.15, 0.2) is 6.07 Å². The SMILES string of the molecule is Cc1nc(NN)cc(N(CC(F)(F)F)C(C)C)n1. The van der Waals surface area contributed by atoms with Crippen LogP contribution >= 0.6 is 0 Å². The number of anilines is 2. The molecule has 5 nitrogen and oxygen atoms in total. The van der Waals surface area contributed by atoms with Gasteiger partial charge in [0.25, 0.3) is 0 Å². The Morgan fingerprint density at radius 3 is 2.44 bits per heavy atom. The van der Waals surface area contributed by atoms with Crippen LogP contribution < -0.4 is 16.2 Å². The van der Waals surface area contributed by atoms with Crippen LogP contribution in [0.4, 0.5) is 24.8 Å². The van der Waals surface area contributed by atoms with Gasteiger partial charge in [0.2, 0.25) is 0 Å². The Morgan fingerprint density at radius 2 is 2.00 bits per heavy atom. The molecule has 0 aliphatic heterocycles. The Labute approximate surface area is 103 Å². The summed E-state index contributed by atoms with van der Waals surface area (Å²) in [6.45, 7) is 3.86. The fourth-order valence-corrected chi connectivity index (χ4v) is 1.49. The lowest BCUT2D eigenvalue weighted by Crippen LogP contribution is -2.39. The van der Waals surface area contributed by atoms with Crippen molar-refractivity contribution >= 4 is 11.6 Å². The Balaban J connectivity index is 3.09. The van der Waals surface area contributed by atoms with E-state index in [1.54, 1.807) is 20.8 Å². The summed E-state index contributed by atoms with van der Waals surface area (Å²) in [5, 5.41) is 0. The maximum Gasteiger partial charge on any atom is 0.405 e. The van der Waals surface area contributed by atoms with E-state index in [0.29, 0.717) is 5.82 Å². The molecule has 1 aromatic rings. The molecule has 0 aliphatic carbocycles. The van der Waals surface area contributed by atoms with E-state index < -0.39 is 12.7 Å². The number of nitrogens with zero attached hydrogens (tertiary/aromatic N) is 3. The molecule has 0 spiro atoms. The smallest absolute Gasteiger partial charge is 0.345 e. The quantitative estimate of drug-likeness (QED) is 0.641. The molecule has 0 aliphatic rings. The molecule has 0 atom stereocenters. The van der Waals surface area contributed by atoms with E-state index in [-0.39, 0.29) is 17.7 Å². The highest BCUT2D eigenvalue weighted by atomic mass is 19.4. The van der Waals surface area contributed by atoms with E-state index in [4.69, 9.17) is 5.84 Å². The summed E-state index contributed by atoms with van der Waals surface area (Å²) in [5.74, 6) is 6.04. The molecule has 3 N–H and O–H groups in total. The van der Waals surface area contributed by atoms with Gasteiger partial charge in [0.1, 0.15) is 24.0 Å². The van der Waals surface area contributed by atoms with Crippen molar-refractivity contribution in [2.75, 3.05) is 16.9 Å². The molecule has 1 heterocycles. The van der Waals surface area contributed by atoms with Gasteiger partial charge in [0.05, 0.1) is 0 Å². The number of alkyl halides is 3. The summed E-state index contributed by atoms with van der Waals surface area (Å²) in [6, 6.07) is 1.05. The van der Waals surface area contributed by atoms with E-state index in [2.05, 4.69) is 15.4 Å². The largest absolute Gasteiger partial charge is 0.405 e. The van der Waals surface area contributed by atoms with Crippen LogP contribution in [0.2, 0.25) is 0 Å². The Kier molecular flexibility index (Phi) is 4.33. The second kappa shape index (κ2) is 5.38. The lowest BCUT2D eigenvalue weighted by Gasteiger charge is -2.29. The highest BCUT2D eigenvalue weighted by Crippen LogP contribution is 2.24. The van der Waals surface area contributed by atoms with Gasteiger partial charge in [-0.15, -0.1) is 0 Å². The molecule has 1 aromatic heterocycles. The Hall–Kier alpha value is -1.57. The first-order valence-corrected chi connectivity index (χ1v) is 5.38. The van der Waals surface area contributed by atoms with Gasteiger partial charge < -0.3 is 10.3 Å². The molecule has 0 fully saturated rings. The summed E-state index contributed by atoms with van der Waals surface area (Å²) < 4.78 is 37.5. The van der Waals surface area contributed by atoms with Crippen molar-refractivity contribution in [1.82, 2.24) is 9.97 Å². The van der Waals surface area contributed by atoms with Crippen molar-refractivity contribution in [3.05, 3.63) is 11.9 Å². The lowest BCUT2D eigenvalue weighted by atomic mass is 10.3. The third-order valence-electron chi connectivity index (χ3n) is 2.24. The number of halogens is 3. The second-order valence-electron chi connectivity index (χ2n) is 4.14. The standard InChI is InChI=1S/C10H16F3N5/c1-6(2)18(5-10(11,12)13)9-4-8(17-14)15-7(3)16-9/h4,6H,5,14H2,1-3H3,(H,15,16,17). The molecule has 0 bridgehead atoms. The van der Waals surface area contributed by atoms with Gasteiger partial charge in [-0.1, -0.05) is 0 Å². The van der Waals surface area contributed by atoms with Crippen LogP contribution in [0, 0.1) is 6.92 Å². The highest BCUT2D eigenvalue weighted by molar-refractivity contribution is 5.49. The van der Waals surface area contributed by atoms with E-state index in [1.807, 2.05) is 0 Å². The van der Waals surface area contributed by atoms with Crippen LogP contribution in [0.3, 0.4) is 0 Å². The van der Waals surface area contributed by atoms with Gasteiger partial charge in [-0.3, -0.25) is 0 Å². The zero-order chi connectivity index (χ0) is 13.9. The third-order valence-corrected chi connectivity index (χ3v) is 2.24. The van der Waals surface area contributed by atoms with Crippen LogP contribution in [0.5, 0.6) is 0 Å². The van der Waals surface area contributed by atoms with Gasteiger partial charge >= 0.3 is 6.18 Å². The van der Waals surface area contributed by atoms with Crippen LogP contribution in [-0.4, -0.2) is 28.7 Å². The van der Waals surface area contributed by atoms with Crippen molar-refractivity contribution in [1.29, 1.82) is 0 Å². The lowest BCUT2D eigenvalue weighted by molar-refractivity contribution is -0.120. The van der Waals surface area contributed by atoms with Crippen LogP contribution in [0.25, 0.3) is 0 Å². The number of rotatable bonds is 4. The van der Waals surface area contributed by atoms with Gasteiger partial charge in [0, 0.05) is 12.1 Å². The predicted octanol–water partition coefficient (Wildman–Crippen LogP) is 1.85. The molecule has 0 radical (unpaired) electrons. The summed E-state index contributed by atoms with van der Waals surface area (Å²) in [4.78, 5) is 9.09. The first kappa shape index (κ1) is 14.5. The van der Waals surface area contributed by atoms with Crippen molar-refractivity contribution in [3.63, 3.8) is 0 Å². The minimum absolute atomic E-state index is 0.197. The molecular weight excluding hydrogens is 247 g/mol. The number of hydrazine groups is 1. The molecule has 0 amide bonds. The van der Waals surface area contributed by atoms with Crippen molar-refractivity contribution < 1.29 is 13.2 Å². The normalized spacial score (nSPS) is 11.8. The fourth-order valence-electron chi connectivity index (χ4n) is 1.49. The van der Waals surface area contributed by atoms with Crippen molar-refractivity contribution in [2.24, 2.45) is 5.84 Å². The first-order chi connectivity index (χ1) is 8.23. The fraction of sp³-hybridized carbons (Fsp3) is 0.600. The molecule has 0 aromatic carbocycles. The number of aryl methyl sites for hydroxylation is 1. The summed E-state index contributed by atoms with van der Waals surface area (Å²) in [7, 11) is 0. The van der Waals surface area contributed by atoms with E-state index in [1.165, 1.54) is 6.07 Å². The molecule has 102 valence electrons. The number of aromatic nitrogens is 2. The highest BCUT2D eigenvalue weighted by Gasteiger charge is 2.32. The van der Waals surface area contributed by atoms with Gasteiger partial charge in [-0.05, 0) is 20.8 Å². The van der Waals surface area contributed by atoms with Crippen molar-refractivity contribution in [2.45, 2.75) is 33.0 Å². The number of nitrogen functional groups attached to an aromatic ring is 1. The third kappa shape index (κ3) is 4.02. The molecular formula is C10H16F3N5. The number of hydrogen-bond donors (Lipinski definition) is 2. The second-order valence-corrected chi connectivity index (χ2v) is 4.14. The predicted molar refractivity (Wildman–Crippen MR) is 63.1 cm³/mol. The maximum absolute atomic E-state index is 12.5. The summed E-state index contributed by atoms with van der Waals surface area (Å²) in [5.41, 5.74) is 2.31. The summed E-state index contributed by atoms with van der Waals surface area (Å²) in [6.07, 6.45) is -4.29. The summed E-state index contributed by atoms with van der Waals surface area (Å²) >= 11 is 0. The Bertz CT molecular complexity index is 405. The topological polar surface area (TPSA) is 67.1 Å². The number of hydrogen-bond acceptors (Lipinski definition) is 5. The van der Waals surface area contributed by atoms with E-state index >= 15 is 0 Å². The van der Waals surface area contributed by atoms with E-state index in [0.717, 1.165) is 4.90 Å². The minimum Gasteiger partial charge on any atom is -0.345 e. The Morgan fingerprint density at radius 1 is 1.39 bits per heavy atom.